The Morgan fingerprint density at radius 1 is 1.35 bits per heavy atom. The van der Waals surface area contributed by atoms with Crippen LogP contribution in [0.4, 0.5) is 4.39 Å². The Morgan fingerprint density at radius 2 is 2.05 bits per heavy atom. The number of hydrogen-bond acceptors (Lipinski definition) is 1. The van der Waals surface area contributed by atoms with E-state index in [0.29, 0.717) is 18.2 Å². The first-order valence-corrected chi connectivity index (χ1v) is 7.33. The van der Waals surface area contributed by atoms with Crippen molar-refractivity contribution in [3.8, 4) is 0 Å². The second-order valence-electron chi connectivity index (χ2n) is 5.98. The van der Waals surface area contributed by atoms with Crippen molar-refractivity contribution >= 4 is 5.96 Å². The minimum absolute atomic E-state index is 0.159. The van der Waals surface area contributed by atoms with E-state index in [1.165, 1.54) is 18.9 Å². The molecule has 1 fully saturated rings. The van der Waals surface area contributed by atoms with Gasteiger partial charge in [0, 0.05) is 18.0 Å². The molecule has 0 atom stereocenters. The smallest absolute Gasteiger partial charge is 0.191 e. The molecule has 0 radical (unpaired) electrons. The summed E-state index contributed by atoms with van der Waals surface area (Å²) < 4.78 is 13.9. The predicted molar refractivity (Wildman–Crippen MR) is 81.6 cm³/mol. The average molecular weight is 277 g/mol. The topological polar surface area (TPSA) is 36.4 Å². The van der Waals surface area contributed by atoms with Crippen molar-refractivity contribution in [3.05, 3.63) is 35.6 Å². The second kappa shape index (κ2) is 6.25. The van der Waals surface area contributed by atoms with Crippen LogP contribution in [0.25, 0.3) is 0 Å². The molecule has 3 nitrogen and oxygen atoms in total. The molecule has 0 amide bonds. The molecule has 0 spiro atoms. The molecule has 0 heterocycles. The Balaban J connectivity index is 2.07. The summed E-state index contributed by atoms with van der Waals surface area (Å²) in [5.74, 6) is 0.673. The lowest BCUT2D eigenvalue weighted by Crippen LogP contribution is -2.39. The van der Waals surface area contributed by atoms with E-state index in [9.17, 15) is 4.39 Å². The maximum absolute atomic E-state index is 13.9. The first kappa shape index (κ1) is 14.8. The van der Waals surface area contributed by atoms with Gasteiger partial charge in [0.2, 0.25) is 0 Å². The van der Waals surface area contributed by atoms with E-state index in [2.05, 4.69) is 15.6 Å². The highest BCUT2D eigenvalue weighted by molar-refractivity contribution is 5.80. The number of nitrogens with one attached hydrogen (secondary N) is 2. The van der Waals surface area contributed by atoms with Gasteiger partial charge in [0.25, 0.3) is 0 Å². The van der Waals surface area contributed by atoms with Gasteiger partial charge in [-0.2, -0.15) is 0 Å². The zero-order valence-electron chi connectivity index (χ0n) is 12.5. The Bertz CT molecular complexity index is 478. The normalized spacial score (nSPS) is 16.1. The first-order chi connectivity index (χ1) is 9.53. The lowest BCUT2D eigenvalue weighted by molar-refractivity contribution is 0.492. The summed E-state index contributed by atoms with van der Waals surface area (Å²) in [6.07, 6.45) is 2.42. The number of rotatable bonds is 5. The van der Waals surface area contributed by atoms with Crippen LogP contribution in [-0.4, -0.2) is 25.1 Å². The van der Waals surface area contributed by atoms with Crippen molar-refractivity contribution in [1.29, 1.82) is 0 Å². The highest BCUT2D eigenvalue weighted by atomic mass is 19.1. The molecule has 1 aliphatic carbocycles. The third kappa shape index (κ3) is 3.95. The third-order valence-electron chi connectivity index (χ3n) is 3.50. The maximum atomic E-state index is 13.9. The summed E-state index contributed by atoms with van der Waals surface area (Å²) in [7, 11) is 0. The van der Waals surface area contributed by atoms with Gasteiger partial charge >= 0.3 is 0 Å². The number of guanidine groups is 1. The Labute approximate surface area is 120 Å². The maximum Gasteiger partial charge on any atom is 0.191 e. The van der Waals surface area contributed by atoms with Gasteiger partial charge in [-0.25, -0.2) is 4.39 Å². The van der Waals surface area contributed by atoms with E-state index in [1.54, 1.807) is 6.07 Å². The van der Waals surface area contributed by atoms with Crippen LogP contribution < -0.4 is 10.6 Å². The average Bonchev–Trinajstić information content (AvgIpc) is 3.21. The summed E-state index contributed by atoms with van der Waals surface area (Å²) in [5, 5.41) is 6.61. The summed E-state index contributed by atoms with van der Waals surface area (Å²) in [6.45, 7) is 7.48. The minimum atomic E-state index is -0.322. The fourth-order valence-electron chi connectivity index (χ4n) is 2.11. The van der Waals surface area contributed by atoms with Crippen LogP contribution in [0.2, 0.25) is 0 Å². The zero-order valence-corrected chi connectivity index (χ0v) is 12.5. The SMILES string of the molecule is CCNC(=NCC(C)(C)c1ccccc1F)NC1CC1. The largest absolute Gasteiger partial charge is 0.357 e. The van der Waals surface area contributed by atoms with Gasteiger partial charge in [-0.1, -0.05) is 32.0 Å². The van der Waals surface area contributed by atoms with Crippen LogP contribution in [0.3, 0.4) is 0 Å². The van der Waals surface area contributed by atoms with Crippen LogP contribution >= 0.6 is 0 Å². The van der Waals surface area contributed by atoms with E-state index in [0.717, 1.165) is 12.5 Å². The second-order valence-corrected chi connectivity index (χ2v) is 5.98. The molecule has 0 aromatic heterocycles. The molecule has 0 aliphatic heterocycles. The quantitative estimate of drug-likeness (QED) is 0.641. The van der Waals surface area contributed by atoms with Crippen molar-refractivity contribution in [1.82, 2.24) is 10.6 Å². The standard InChI is InChI=1S/C16H24FN3/c1-4-18-15(20-12-9-10-12)19-11-16(2,3)13-7-5-6-8-14(13)17/h5-8,12H,4,9-11H2,1-3H3,(H2,18,19,20). The predicted octanol–water partition coefficient (Wildman–Crippen LogP) is 2.82. The highest BCUT2D eigenvalue weighted by Crippen LogP contribution is 2.26. The van der Waals surface area contributed by atoms with Gasteiger partial charge in [0.1, 0.15) is 5.82 Å². The van der Waals surface area contributed by atoms with E-state index in [4.69, 9.17) is 0 Å². The Kier molecular flexibility index (Phi) is 4.63. The summed E-state index contributed by atoms with van der Waals surface area (Å²) in [4.78, 5) is 4.61. The highest BCUT2D eigenvalue weighted by Gasteiger charge is 2.25. The molecule has 0 bridgehead atoms. The molecule has 20 heavy (non-hydrogen) atoms. The van der Waals surface area contributed by atoms with Crippen LogP contribution in [0.15, 0.2) is 29.3 Å². The molecule has 0 saturated heterocycles. The van der Waals surface area contributed by atoms with Crippen molar-refractivity contribution in [2.24, 2.45) is 4.99 Å². The fourth-order valence-corrected chi connectivity index (χ4v) is 2.11. The van der Waals surface area contributed by atoms with Gasteiger partial charge in [-0.3, -0.25) is 4.99 Å². The molecule has 1 aromatic carbocycles. The zero-order chi connectivity index (χ0) is 14.6. The van der Waals surface area contributed by atoms with Crippen molar-refractivity contribution < 1.29 is 4.39 Å². The molecule has 1 saturated carbocycles. The molecule has 2 rings (SSSR count). The third-order valence-corrected chi connectivity index (χ3v) is 3.50. The number of hydrogen-bond donors (Lipinski definition) is 2. The van der Waals surface area contributed by atoms with Crippen LogP contribution in [-0.2, 0) is 5.41 Å². The molecule has 1 aromatic rings. The summed E-state index contributed by atoms with van der Waals surface area (Å²) in [5.41, 5.74) is 0.392. The molecule has 110 valence electrons. The number of nitrogens with zero attached hydrogens (tertiary/aromatic N) is 1. The Hall–Kier alpha value is -1.58. The number of halogens is 1. The van der Waals surface area contributed by atoms with E-state index >= 15 is 0 Å². The number of aliphatic imine (C=N–C) groups is 1. The van der Waals surface area contributed by atoms with Crippen molar-refractivity contribution in [2.75, 3.05) is 13.1 Å². The first-order valence-electron chi connectivity index (χ1n) is 7.33. The van der Waals surface area contributed by atoms with E-state index in [-0.39, 0.29) is 11.2 Å². The van der Waals surface area contributed by atoms with Gasteiger partial charge in [-0.05, 0) is 31.4 Å². The van der Waals surface area contributed by atoms with Crippen molar-refractivity contribution in [2.45, 2.75) is 45.1 Å². The van der Waals surface area contributed by atoms with Gasteiger partial charge in [-0.15, -0.1) is 0 Å². The summed E-state index contributed by atoms with van der Waals surface area (Å²) in [6, 6.07) is 7.50. The molecule has 2 N–H and O–H groups in total. The monoisotopic (exact) mass is 277 g/mol. The fraction of sp³-hybridized carbons (Fsp3) is 0.562. The van der Waals surface area contributed by atoms with Crippen LogP contribution in [0.5, 0.6) is 0 Å². The minimum Gasteiger partial charge on any atom is -0.357 e. The van der Waals surface area contributed by atoms with E-state index < -0.39 is 0 Å². The van der Waals surface area contributed by atoms with Crippen LogP contribution in [0.1, 0.15) is 39.2 Å². The molecule has 1 aliphatic rings. The molecular weight excluding hydrogens is 253 g/mol. The van der Waals surface area contributed by atoms with Crippen LogP contribution in [0, 0.1) is 5.82 Å². The Morgan fingerprint density at radius 3 is 2.65 bits per heavy atom. The molecule has 4 heteroatoms. The van der Waals surface area contributed by atoms with Gasteiger partial charge < -0.3 is 10.6 Å². The van der Waals surface area contributed by atoms with Crippen molar-refractivity contribution in [3.63, 3.8) is 0 Å². The lowest BCUT2D eigenvalue weighted by Gasteiger charge is -2.24. The van der Waals surface area contributed by atoms with Gasteiger partial charge in [0.15, 0.2) is 5.96 Å². The van der Waals surface area contributed by atoms with Gasteiger partial charge in [0.05, 0.1) is 6.54 Å². The molecular formula is C16H24FN3. The van der Waals surface area contributed by atoms with E-state index in [1.807, 2.05) is 32.9 Å². The summed E-state index contributed by atoms with van der Waals surface area (Å²) >= 11 is 0. The lowest BCUT2D eigenvalue weighted by atomic mass is 9.84. The molecule has 0 unspecified atom stereocenters. The number of benzene rings is 1.